The summed E-state index contributed by atoms with van der Waals surface area (Å²) in [6.07, 6.45) is 1.66. The number of amides is 1. The summed E-state index contributed by atoms with van der Waals surface area (Å²) >= 11 is 0. The standard InChI is InChI=1S/C17H17FN6O/c1-10-12-7-20-15(21-11(2)25)6-13(12)24(23-10)16-5-3-4-14(22-16)17(18)8-19-9-17/h3-7,19H,8-9H2,1-2H3,(H,20,21,25). The second kappa shape index (κ2) is 5.59. The SMILES string of the molecule is CC(=O)Nc1cc2c(cn1)c(C)nn2-c1cccc(C2(F)CNC2)n1. The Hall–Kier alpha value is -2.87. The summed E-state index contributed by atoms with van der Waals surface area (Å²) in [6.45, 7) is 3.82. The molecule has 8 heteroatoms. The van der Waals surface area contributed by atoms with Gasteiger partial charge in [-0.15, -0.1) is 0 Å². The number of pyridine rings is 2. The van der Waals surface area contributed by atoms with Crippen LogP contribution in [0.25, 0.3) is 16.7 Å². The van der Waals surface area contributed by atoms with E-state index < -0.39 is 5.67 Å². The fourth-order valence-corrected chi connectivity index (χ4v) is 2.90. The lowest BCUT2D eigenvalue weighted by atomic mass is 9.95. The smallest absolute Gasteiger partial charge is 0.222 e. The van der Waals surface area contributed by atoms with Gasteiger partial charge >= 0.3 is 0 Å². The molecular formula is C17H17FN6O. The van der Waals surface area contributed by atoms with E-state index in [-0.39, 0.29) is 19.0 Å². The van der Waals surface area contributed by atoms with Crippen LogP contribution < -0.4 is 10.6 Å². The van der Waals surface area contributed by atoms with Gasteiger partial charge in [0.1, 0.15) is 5.82 Å². The summed E-state index contributed by atoms with van der Waals surface area (Å²) < 4.78 is 16.3. The maximum Gasteiger partial charge on any atom is 0.222 e. The molecule has 0 radical (unpaired) electrons. The van der Waals surface area contributed by atoms with Gasteiger partial charge in [-0.1, -0.05) is 6.07 Å². The Morgan fingerprint density at radius 3 is 2.88 bits per heavy atom. The van der Waals surface area contributed by atoms with Gasteiger partial charge in [0.25, 0.3) is 0 Å². The monoisotopic (exact) mass is 340 g/mol. The van der Waals surface area contributed by atoms with Crippen LogP contribution in [0.15, 0.2) is 30.5 Å². The number of nitrogens with zero attached hydrogens (tertiary/aromatic N) is 4. The van der Waals surface area contributed by atoms with E-state index in [2.05, 4.69) is 25.7 Å². The molecule has 1 aliphatic rings. The number of aryl methyl sites for hydroxylation is 1. The molecule has 0 atom stereocenters. The van der Waals surface area contributed by atoms with E-state index in [0.29, 0.717) is 17.3 Å². The summed E-state index contributed by atoms with van der Waals surface area (Å²) in [5.74, 6) is 0.758. The lowest BCUT2D eigenvalue weighted by Crippen LogP contribution is -2.54. The van der Waals surface area contributed by atoms with Crippen molar-refractivity contribution in [3.05, 3.63) is 41.9 Å². The second-order valence-electron chi connectivity index (χ2n) is 6.21. The predicted molar refractivity (Wildman–Crippen MR) is 91.4 cm³/mol. The average molecular weight is 340 g/mol. The average Bonchev–Trinajstić information content (AvgIpc) is 2.89. The number of hydrogen-bond donors (Lipinski definition) is 2. The molecule has 3 aromatic heterocycles. The number of alkyl halides is 1. The van der Waals surface area contributed by atoms with Crippen LogP contribution >= 0.6 is 0 Å². The number of carbonyl (C=O) groups excluding carboxylic acids is 1. The number of hydrogen-bond acceptors (Lipinski definition) is 5. The summed E-state index contributed by atoms with van der Waals surface area (Å²) in [6, 6.07) is 6.98. The molecule has 2 N–H and O–H groups in total. The van der Waals surface area contributed by atoms with Gasteiger partial charge in [-0.2, -0.15) is 5.10 Å². The lowest BCUT2D eigenvalue weighted by molar-refractivity contribution is -0.114. The largest absolute Gasteiger partial charge is 0.311 e. The number of carbonyl (C=O) groups is 1. The maximum absolute atomic E-state index is 14.6. The fraction of sp³-hybridized carbons (Fsp3) is 0.294. The van der Waals surface area contributed by atoms with Crippen molar-refractivity contribution < 1.29 is 9.18 Å². The molecule has 0 aromatic carbocycles. The number of nitrogens with one attached hydrogen (secondary N) is 2. The van der Waals surface area contributed by atoms with Crippen LogP contribution in [0.3, 0.4) is 0 Å². The summed E-state index contributed by atoms with van der Waals surface area (Å²) in [5.41, 5.74) is 0.489. The first-order chi connectivity index (χ1) is 12.0. The first kappa shape index (κ1) is 15.6. The Kier molecular flexibility index (Phi) is 3.50. The molecule has 1 amide bonds. The minimum absolute atomic E-state index is 0.202. The molecule has 4 heterocycles. The Morgan fingerprint density at radius 1 is 1.40 bits per heavy atom. The molecule has 0 spiro atoms. The summed E-state index contributed by atoms with van der Waals surface area (Å²) in [5, 5.41) is 11.0. The van der Waals surface area contributed by atoms with E-state index in [9.17, 15) is 9.18 Å². The van der Waals surface area contributed by atoms with Crippen molar-refractivity contribution in [3.8, 4) is 5.82 Å². The number of fused-ring (bicyclic) bond motifs is 1. The summed E-state index contributed by atoms with van der Waals surface area (Å²) in [4.78, 5) is 20.0. The topological polar surface area (TPSA) is 84.7 Å². The van der Waals surface area contributed by atoms with E-state index in [1.165, 1.54) is 6.92 Å². The number of rotatable bonds is 3. The van der Waals surface area contributed by atoms with Gasteiger partial charge in [0, 0.05) is 37.7 Å². The first-order valence-corrected chi connectivity index (χ1v) is 7.97. The Morgan fingerprint density at radius 2 is 2.20 bits per heavy atom. The molecule has 1 aliphatic heterocycles. The van der Waals surface area contributed by atoms with Crippen LogP contribution in [0.1, 0.15) is 18.3 Å². The van der Waals surface area contributed by atoms with Crippen LogP contribution in [0, 0.1) is 6.92 Å². The van der Waals surface area contributed by atoms with Crippen LogP contribution in [0.4, 0.5) is 10.2 Å². The zero-order valence-electron chi connectivity index (χ0n) is 13.9. The maximum atomic E-state index is 14.6. The third kappa shape index (κ3) is 2.64. The molecule has 1 saturated heterocycles. The molecule has 128 valence electrons. The molecule has 25 heavy (non-hydrogen) atoms. The minimum atomic E-state index is -1.43. The van der Waals surface area contributed by atoms with Gasteiger partial charge < -0.3 is 10.6 Å². The number of aromatic nitrogens is 4. The van der Waals surface area contributed by atoms with Crippen LogP contribution in [-0.2, 0) is 10.5 Å². The highest BCUT2D eigenvalue weighted by molar-refractivity contribution is 5.91. The quantitative estimate of drug-likeness (QED) is 0.760. The molecule has 0 unspecified atom stereocenters. The summed E-state index contributed by atoms with van der Waals surface area (Å²) in [7, 11) is 0. The van der Waals surface area contributed by atoms with Gasteiger partial charge in [0.2, 0.25) is 5.91 Å². The van der Waals surface area contributed by atoms with Gasteiger partial charge in [0.15, 0.2) is 11.5 Å². The van der Waals surface area contributed by atoms with Crippen molar-refractivity contribution in [3.63, 3.8) is 0 Å². The van der Waals surface area contributed by atoms with Crippen molar-refractivity contribution in [1.29, 1.82) is 0 Å². The molecule has 0 bridgehead atoms. The third-order valence-electron chi connectivity index (χ3n) is 4.28. The van der Waals surface area contributed by atoms with E-state index in [0.717, 1.165) is 16.6 Å². The molecule has 0 saturated carbocycles. The van der Waals surface area contributed by atoms with Crippen LogP contribution in [0.5, 0.6) is 0 Å². The Bertz CT molecular complexity index is 978. The highest BCUT2D eigenvalue weighted by atomic mass is 19.1. The highest BCUT2D eigenvalue weighted by Gasteiger charge is 2.40. The Balaban J connectivity index is 1.83. The fourth-order valence-electron chi connectivity index (χ4n) is 2.90. The molecule has 1 fully saturated rings. The predicted octanol–water partition coefficient (Wildman–Crippen LogP) is 1.85. The Labute approximate surface area is 143 Å². The lowest BCUT2D eigenvalue weighted by Gasteiger charge is -2.34. The zero-order chi connectivity index (χ0) is 17.6. The van der Waals surface area contributed by atoms with Crippen molar-refractivity contribution in [2.75, 3.05) is 18.4 Å². The van der Waals surface area contributed by atoms with Crippen molar-refractivity contribution >= 4 is 22.6 Å². The third-order valence-corrected chi connectivity index (χ3v) is 4.28. The molecule has 4 rings (SSSR count). The van der Waals surface area contributed by atoms with Gasteiger partial charge in [-0.05, 0) is 19.1 Å². The molecular weight excluding hydrogens is 323 g/mol. The normalized spacial score (nSPS) is 15.8. The first-order valence-electron chi connectivity index (χ1n) is 7.97. The molecule has 0 aliphatic carbocycles. The van der Waals surface area contributed by atoms with Crippen LogP contribution in [0.2, 0.25) is 0 Å². The van der Waals surface area contributed by atoms with Crippen molar-refractivity contribution in [2.45, 2.75) is 19.5 Å². The van der Waals surface area contributed by atoms with E-state index in [1.807, 2.05) is 6.92 Å². The van der Waals surface area contributed by atoms with Crippen molar-refractivity contribution in [1.82, 2.24) is 25.1 Å². The molecule has 7 nitrogen and oxygen atoms in total. The van der Waals surface area contributed by atoms with E-state index in [4.69, 9.17) is 0 Å². The number of anilines is 1. The molecule has 3 aromatic rings. The van der Waals surface area contributed by atoms with Crippen molar-refractivity contribution in [2.24, 2.45) is 0 Å². The highest BCUT2D eigenvalue weighted by Crippen LogP contribution is 2.30. The van der Waals surface area contributed by atoms with Gasteiger partial charge in [-0.25, -0.2) is 19.0 Å². The van der Waals surface area contributed by atoms with E-state index >= 15 is 0 Å². The van der Waals surface area contributed by atoms with Gasteiger partial charge in [-0.3, -0.25) is 4.79 Å². The van der Waals surface area contributed by atoms with Crippen LogP contribution in [-0.4, -0.2) is 38.7 Å². The number of halogens is 1. The van der Waals surface area contributed by atoms with E-state index in [1.54, 1.807) is 35.1 Å². The second-order valence-corrected chi connectivity index (χ2v) is 6.21. The minimum Gasteiger partial charge on any atom is -0.311 e. The zero-order valence-corrected chi connectivity index (χ0v) is 13.9. The van der Waals surface area contributed by atoms with Gasteiger partial charge in [0.05, 0.1) is 16.9 Å².